The van der Waals surface area contributed by atoms with Crippen molar-refractivity contribution in [2.24, 2.45) is 5.10 Å². The molecule has 0 bridgehead atoms. The second kappa shape index (κ2) is 6.54. The van der Waals surface area contributed by atoms with Gasteiger partial charge in [-0.1, -0.05) is 54.1 Å². The molecule has 0 N–H and O–H groups in total. The predicted octanol–water partition coefficient (Wildman–Crippen LogP) is 4.89. The van der Waals surface area contributed by atoms with Crippen LogP contribution in [0.2, 0.25) is 5.15 Å². The van der Waals surface area contributed by atoms with Crippen LogP contribution in [0.4, 0.5) is 0 Å². The standard InChI is InChI=1S/C21H18ClN3O/c1-13-8-9-16-11-17(21(22)23-18(16)10-13)20-12-19(24-25(20)14(2)26)15-6-4-3-5-7-15/h3-11,20H,12H2,1-2H3. The van der Waals surface area contributed by atoms with Crippen LogP contribution >= 0.6 is 11.6 Å². The molecule has 1 aromatic heterocycles. The number of hydrogen-bond acceptors (Lipinski definition) is 3. The lowest BCUT2D eigenvalue weighted by molar-refractivity contribution is -0.130. The first-order valence-electron chi connectivity index (χ1n) is 8.52. The van der Waals surface area contributed by atoms with E-state index >= 15 is 0 Å². The molecule has 1 aliphatic rings. The fraction of sp³-hybridized carbons (Fsp3) is 0.190. The molecule has 26 heavy (non-hydrogen) atoms. The molecule has 3 aromatic rings. The van der Waals surface area contributed by atoms with Gasteiger partial charge in [-0.3, -0.25) is 4.79 Å². The Kier molecular flexibility index (Phi) is 4.21. The van der Waals surface area contributed by atoms with Gasteiger partial charge in [-0.05, 0) is 30.2 Å². The van der Waals surface area contributed by atoms with E-state index in [1.165, 1.54) is 11.9 Å². The van der Waals surface area contributed by atoms with E-state index in [2.05, 4.69) is 10.1 Å². The summed E-state index contributed by atoms with van der Waals surface area (Å²) in [6.07, 6.45) is 0.613. The van der Waals surface area contributed by atoms with Gasteiger partial charge in [0.15, 0.2) is 0 Å². The second-order valence-corrected chi connectivity index (χ2v) is 6.92. The van der Waals surface area contributed by atoms with Crippen molar-refractivity contribution in [1.29, 1.82) is 0 Å². The van der Waals surface area contributed by atoms with Gasteiger partial charge in [-0.15, -0.1) is 0 Å². The number of aromatic nitrogens is 1. The highest BCUT2D eigenvalue weighted by Crippen LogP contribution is 2.37. The molecule has 5 heteroatoms. The summed E-state index contributed by atoms with van der Waals surface area (Å²) < 4.78 is 0. The summed E-state index contributed by atoms with van der Waals surface area (Å²) in [7, 11) is 0. The molecule has 0 aliphatic carbocycles. The average Bonchev–Trinajstić information content (AvgIpc) is 3.07. The number of aryl methyl sites for hydroxylation is 1. The highest BCUT2D eigenvalue weighted by atomic mass is 35.5. The predicted molar refractivity (Wildman–Crippen MR) is 104 cm³/mol. The molecular formula is C21H18ClN3O. The first kappa shape index (κ1) is 16.7. The van der Waals surface area contributed by atoms with Gasteiger partial charge in [-0.25, -0.2) is 9.99 Å². The van der Waals surface area contributed by atoms with Crippen LogP contribution in [0.15, 0.2) is 59.7 Å². The molecule has 0 saturated carbocycles. The molecule has 1 aliphatic heterocycles. The fourth-order valence-electron chi connectivity index (χ4n) is 3.35. The van der Waals surface area contributed by atoms with Crippen molar-refractivity contribution in [2.75, 3.05) is 0 Å². The molecule has 1 atom stereocenters. The number of halogens is 1. The van der Waals surface area contributed by atoms with Crippen LogP contribution in [0.25, 0.3) is 10.9 Å². The van der Waals surface area contributed by atoms with E-state index in [9.17, 15) is 4.79 Å². The lowest BCUT2D eigenvalue weighted by Gasteiger charge is -2.21. The van der Waals surface area contributed by atoms with E-state index in [1.54, 1.807) is 0 Å². The van der Waals surface area contributed by atoms with Crippen molar-refractivity contribution >= 4 is 34.1 Å². The summed E-state index contributed by atoms with van der Waals surface area (Å²) in [6.45, 7) is 3.55. The largest absolute Gasteiger partial charge is 0.273 e. The van der Waals surface area contributed by atoms with Crippen molar-refractivity contribution in [3.63, 3.8) is 0 Å². The molecule has 1 amide bonds. The smallest absolute Gasteiger partial charge is 0.240 e. The van der Waals surface area contributed by atoms with Gasteiger partial charge in [-0.2, -0.15) is 5.10 Å². The van der Waals surface area contributed by atoms with Gasteiger partial charge in [0.05, 0.1) is 17.3 Å². The maximum Gasteiger partial charge on any atom is 0.240 e. The Morgan fingerprint density at radius 1 is 1.15 bits per heavy atom. The Morgan fingerprint density at radius 2 is 1.92 bits per heavy atom. The Balaban J connectivity index is 1.77. The third kappa shape index (κ3) is 2.97. The molecular weight excluding hydrogens is 346 g/mol. The van der Waals surface area contributed by atoms with Crippen LogP contribution in [0.5, 0.6) is 0 Å². The van der Waals surface area contributed by atoms with Gasteiger partial charge in [0.25, 0.3) is 0 Å². The third-order valence-corrected chi connectivity index (χ3v) is 4.96. The Bertz CT molecular complexity index is 1030. The number of carbonyl (C=O) groups excluding carboxylic acids is 1. The molecule has 0 saturated heterocycles. The van der Waals surface area contributed by atoms with E-state index in [0.29, 0.717) is 11.6 Å². The number of nitrogens with zero attached hydrogens (tertiary/aromatic N) is 3. The topological polar surface area (TPSA) is 45.6 Å². The second-order valence-electron chi connectivity index (χ2n) is 6.56. The number of hydrazone groups is 1. The Hall–Kier alpha value is -2.72. The number of amides is 1. The van der Waals surface area contributed by atoms with Crippen molar-refractivity contribution in [3.05, 3.63) is 76.4 Å². The third-order valence-electron chi connectivity index (χ3n) is 4.65. The average molecular weight is 364 g/mol. The molecule has 0 radical (unpaired) electrons. The highest BCUT2D eigenvalue weighted by molar-refractivity contribution is 6.30. The molecule has 0 fully saturated rings. The summed E-state index contributed by atoms with van der Waals surface area (Å²) in [5, 5.41) is 7.51. The van der Waals surface area contributed by atoms with Crippen LogP contribution in [-0.2, 0) is 4.79 Å². The normalized spacial score (nSPS) is 16.8. The van der Waals surface area contributed by atoms with Crippen molar-refractivity contribution in [2.45, 2.75) is 26.3 Å². The minimum absolute atomic E-state index is 0.110. The zero-order chi connectivity index (χ0) is 18.3. The van der Waals surface area contributed by atoms with Crippen LogP contribution in [0.1, 0.15) is 36.1 Å². The van der Waals surface area contributed by atoms with Gasteiger partial charge in [0.2, 0.25) is 5.91 Å². The van der Waals surface area contributed by atoms with E-state index in [0.717, 1.165) is 33.3 Å². The SMILES string of the molecule is CC(=O)N1N=C(c2ccccc2)CC1c1cc2ccc(C)cc2nc1Cl. The zero-order valence-corrected chi connectivity index (χ0v) is 15.4. The van der Waals surface area contributed by atoms with Gasteiger partial charge in [0.1, 0.15) is 5.15 Å². The van der Waals surface area contributed by atoms with Crippen molar-refractivity contribution in [1.82, 2.24) is 9.99 Å². The number of carbonyl (C=O) groups is 1. The van der Waals surface area contributed by atoms with Crippen LogP contribution in [0, 0.1) is 6.92 Å². The Labute approximate surface area is 157 Å². The van der Waals surface area contributed by atoms with Crippen molar-refractivity contribution in [3.8, 4) is 0 Å². The number of fused-ring (bicyclic) bond motifs is 1. The first-order chi connectivity index (χ1) is 12.5. The van der Waals surface area contributed by atoms with Crippen LogP contribution in [-0.4, -0.2) is 21.6 Å². The molecule has 4 nitrogen and oxygen atoms in total. The van der Waals surface area contributed by atoms with Crippen molar-refractivity contribution < 1.29 is 4.79 Å². The van der Waals surface area contributed by atoms with Gasteiger partial charge < -0.3 is 0 Å². The summed E-state index contributed by atoms with van der Waals surface area (Å²) in [6, 6.07) is 17.8. The summed E-state index contributed by atoms with van der Waals surface area (Å²) in [4.78, 5) is 16.7. The fourth-order valence-corrected chi connectivity index (χ4v) is 3.62. The minimum Gasteiger partial charge on any atom is -0.273 e. The van der Waals surface area contributed by atoms with Gasteiger partial charge >= 0.3 is 0 Å². The zero-order valence-electron chi connectivity index (χ0n) is 14.6. The van der Waals surface area contributed by atoms with Gasteiger partial charge in [0, 0.05) is 24.3 Å². The van der Waals surface area contributed by atoms with E-state index in [-0.39, 0.29) is 11.9 Å². The first-order valence-corrected chi connectivity index (χ1v) is 8.90. The summed E-state index contributed by atoms with van der Waals surface area (Å²) in [5.41, 5.74) is 4.71. The van der Waals surface area contributed by atoms with Crippen LogP contribution < -0.4 is 0 Å². The molecule has 2 heterocycles. The quantitative estimate of drug-likeness (QED) is 0.608. The Morgan fingerprint density at radius 3 is 2.65 bits per heavy atom. The minimum atomic E-state index is -0.242. The monoisotopic (exact) mass is 363 g/mol. The lowest BCUT2D eigenvalue weighted by atomic mass is 9.98. The summed E-state index contributed by atoms with van der Waals surface area (Å²) in [5.74, 6) is -0.110. The number of rotatable bonds is 2. The molecule has 4 rings (SSSR count). The molecule has 2 aromatic carbocycles. The maximum absolute atomic E-state index is 12.2. The van der Waals surface area contributed by atoms with E-state index in [1.807, 2.05) is 61.5 Å². The maximum atomic E-state index is 12.2. The molecule has 130 valence electrons. The molecule has 1 unspecified atom stereocenters. The summed E-state index contributed by atoms with van der Waals surface area (Å²) >= 11 is 6.50. The highest BCUT2D eigenvalue weighted by Gasteiger charge is 2.33. The lowest BCUT2D eigenvalue weighted by Crippen LogP contribution is -2.24. The van der Waals surface area contributed by atoms with Crippen LogP contribution in [0.3, 0.4) is 0 Å². The number of pyridine rings is 1. The van der Waals surface area contributed by atoms with E-state index < -0.39 is 0 Å². The van der Waals surface area contributed by atoms with E-state index in [4.69, 9.17) is 11.6 Å². The number of hydrogen-bond donors (Lipinski definition) is 0. The molecule has 0 spiro atoms. The number of benzene rings is 2.